The number of nitriles is 3. The molecule has 8 nitrogen and oxygen atoms in total. The molecular weight excluding hydrogens is 360 g/mol. The third-order valence-corrected chi connectivity index (χ3v) is 5.11. The molecule has 28 heavy (non-hydrogen) atoms. The van der Waals surface area contributed by atoms with E-state index in [4.69, 9.17) is 14.3 Å². The SMILES string of the molecule is COc1ccc(/C(C#N)=C2/OC3CC(C#N)C(C#N)CC3N(OC)C2=O)cc1. The number of hydrogen-bond acceptors (Lipinski definition) is 7. The fraction of sp³-hybridized carbons (Fsp3) is 0.400. The maximum absolute atomic E-state index is 12.9. The van der Waals surface area contributed by atoms with E-state index < -0.39 is 29.9 Å². The van der Waals surface area contributed by atoms with Gasteiger partial charge in [0.1, 0.15) is 23.5 Å². The van der Waals surface area contributed by atoms with E-state index in [0.717, 1.165) is 5.06 Å². The van der Waals surface area contributed by atoms with Crippen LogP contribution >= 0.6 is 0 Å². The Balaban J connectivity index is 2.01. The van der Waals surface area contributed by atoms with Crippen molar-refractivity contribution in [3.8, 4) is 24.0 Å². The summed E-state index contributed by atoms with van der Waals surface area (Å²) >= 11 is 0. The van der Waals surface area contributed by atoms with E-state index in [0.29, 0.717) is 11.3 Å². The van der Waals surface area contributed by atoms with E-state index in [1.165, 1.54) is 14.2 Å². The number of amides is 1. The van der Waals surface area contributed by atoms with Gasteiger partial charge < -0.3 is 9.47 Å². The first-order valence-electron chi connectivity index (χ1n) is 8.70. The monoisotopic (exact) mass is 378 g/mol. The van der Waals surface area contributed by atoms with E-state index in [-0.39, 0.29) is 24.2 Å². The van der Waals surface area contributed by atoms with Gasteiger partial charge in [-0.1, -0.05) is 0 Å². The molecule has 8 heteroatoms. The van der Waals surface area contributed by atoms with Gasteiger partial charge in [-0.2, -0.15) is 15.8 Å². The quantitative estimate of drug-likeness (QED) is 0.584. The summed E-state index contributed by atoms with van der Waals surface area (Å²) in [6, 6.07) is 12.5. The van der Waals surface area contributed by atoms with Crippen LogP contribution < -0.4 is 4.74 Å². The Labute approximate surface area is 162 Å². The summed E-state index contributed by atoms with van der Waals surface area (Å²) < 4.78 is 11.0. The molecule has 142 valence electrons. The number of hydrogen-bond donors (Lipinski definition) is 0. The van der Waals surface area contributed by atoms with Crippen molar-refractivity contribution in [1.82, 2.24) is 5.06 Å². The predicted octanol–water partition coefficient (Wildman–Crippen LogP) is 2.16. The summed E-state index contributed by atoms with van der Waals surface area (Å²) in [5, 5.41) is 29.5. The van der Waals surface area contributed by atoms with Crippen LogP contribution in [0, 0.1) is 45.8 Å². The van der Waals surface area contributed by atoms with E-state index in [2.05, 4.69) is 12.1 Å². The van der Waals surface area contributed by atoms with E-state index in [1.807, 2.05) is 6.07 Å². The topological polar surface area (TPSA) is 119 Å². The Hall–Kier alpha value is -3.54. The molecule has 4 unspecified atom stereocenters. The molecule has 4 atom stereocenters. The van der Waals surface area contributed by atoms with Gasteiger partial charge in [0.05, 0.1) is 44.2 Å². The van der Waals surface area contributed by atoms with Crippen LogP contribution in [0.1, 0.15) is 18.4 Å². The predicted molar refractivity (Wildman–Crippen MR) is 95.5 cm³/mol. The lowest BCUT2D eigenvalue weighted by Crippen LogP contribution is -2.56. The molecule has 1 aliphatic heterocycles. The van der Waals surface area contributed by atoms with Crippen molar-refractivity contribution in [3.05, 3.63) is 35.6 Å². The van der Waals surface area contributed by atoms with E-state index >= 15 is 0 Å². The van der Waals surface area contributed by atoms with Crippen LogP contribution in [0.3, 0.4) is 0 Å². The molecule has 1 saturated carbocycles. The number of benzene rings is 1. The number of carbonyl (C=O) groups is 1. The largest absolute Gasteiger partial charge is 0.497 e. The molecule has 0 N–H and O–H groups in total. The molecule has 1 heterocycles. The zero-order chi connectivity index (χ0) is 20.3. The minimum absolute atomic E-state index is 0.0732. The number of allylic oxidation sites excluding steroid dienone is 1. The normalized spacial score (nSPS) is 28.1. The van der Waals surface area contributed by atoms with Gasteiger partial charge in [-0.3, -0.25) is 9.63 Å². The number of hydroxylamine groups is 2. The van der Waals surface area contributed by atoms with Gasteiger partial charge >= 0.3 is 5.91 Å². The lowest BCUT2D eigenvalue weighted by Gasteiger charge is -2.45. The molecule has 1 saturated heterocycles. The van der Waals surface area contributed by atoms with Gasteiger partial charge in [-0.15, -0.1) is 0 Å². The Morgan fingerprint density at radius 2 is 1.75 bits per heavy atom. The molecule has 3 rings (SSSR count). The Morgan fingerprint density at radius 3 is 2.29 bits per heavy atom. The number of fused-ring (bicyclic) bond motifs is 1. The van der Waals surface area contributed by atoms with Crippen molar-refractivity contribution in [2.24, 2.45) is 11.8 Å². The van der Waals surface area contributed by atoms with Crippen LogP contribution in [-0.4, -0.2) is 37.3 Å². The van der Waals surface area contributed by atoms with Crippen LogP contribution in [-0.2, 0) is 14.4 Å². The smallest absolute Gasteiger partial charge is 0.314 e. The van der Waals surface area contributed by atoms with Gasteiger partial charge in [0, 0.05) is 6.42 Å². The third kappa shape index (κ3) is 3.24. The Morgan fingerprint density at radius 1 is 1.11 bits per heavy atom. The molecule has 1 aromatic rings. The highest BCUT2D eigenvalue weighted by Crippen LogP contribution is 2.40. The lowest BCUT2D eigenvalue weighted by atomic mass is 9.76. The van der Waals surface area contributed by atoms with Crippen molar-refractivity contribution in [2.45, 2.75) is 25.0 Å². The molecule has 1 amide bonds. The van der Waals surface area contributed by atoms with Crippen LogP contribution in [0.2, 0.25) is 0 Å². The average molecular weight is 378 g/mol. The van der Waals surface area contributed by atoms with Gasteiger partial charge in [-0.25, -0.2) is 5.06 Å². The summed E-state index contributed by atoms with van der Waals surface area (Å²) in [7, 11) is 2.89. The van der Waals surface area contributed by atoms with E-state index in [9.17, 15) is 20.6 Å². The second-order valence-corrected chi connectivity index (χ2v) is 6.52. The van der Waals surface area contributed by atoms with Crippen LogP contribution in [0.5, 0.6) is 5.75 Å². The van der Waals surface area contributed by atoms with Crippen molar-refractivity contribution in [1.29, 1.82) is 15.8 Å². The molecule has 1 aromatic carbocycles. The van der Waals surface area contributed by atoms with Gasteiger partial charge in [-0.05, 0) is 36.2 Å². The highest BCUT2D eigenvalue weighted by molar-refractivity contribution is 6.02. The molecule has 0 aromatic heterocycles. The lowest BCUT2D eigenvalue weighted by molar-refractivity contribution is -0.222. The maximum atomic E-state index is 12.9. The number of ether oxygens (including phenoxy) is 2. The van der Waals surface area contributed by atoms with Gasteiger partial charge in [0.25, 0.3) is 0 Å². The van der Waals surface area contributed by atoms with Crippen molar-refractivity contribution >= 4 is 11.5 Å². The first kappa shape index (κ1) is 19.2. The maximum Gasteiger partial charge on any atom is 0.314 e. The fourth-order valence-electron chi connectivity index (χ4n) is 3.65. The van der Waals surface area contributed by atoms with Gasteiger partial charge in [0.2, 0.25) is 5.76 Å². The minimum Gasteiger partial charge on any atom is -0.497 e. The summed E-state index contributed by atoms with van der Waals surface area (Å²) in [6.45, 7) is 0. The van der Waals surface area contributed by atoms with Crippen LogP contribution in [0.25, 0.3) is 5.57 Å². The third-order valence-electron chi connectivity index (χ3n) is 5.11. The second kappa shape index (κ2) is 8.00. The van der Waals surface area contributed by atoms with E-state index in [1.54, 1.807) is 24.3 Å². The van der Waals surface area contributed by atoms with Gasteiger partial charge in [0.15, 0.2) is 0 Å². The van der Waals surface area contributed by atoms with Crippen molar-refractivity contribution < 1.29 is 19.1 Å². The first-order valence-corrected chi connectivity index (χ1v) is 8.70. The highest BCUT2D eigenvalue weighted by atomic mass is 16.7. The summed E-state index contributed by atoms with van der Waals surface area (Å²) in [5.74, 6) is -1.10. The van der Waals surface area contributed by atoms with Crippen molar-refractivity contribution in [3.63, 3.8) is 0 Å². The zero-order valence-electron chi connectivity index (χ0n) is 15.5. The average Bonchev–Trinajstić information content (AvgIpc) is 2.74. The highest BCUT2D eigenvalue weighted by Gasteiger charge is 2.49. The summed E-state index contributed by atoms with van der Waals surface area (Å²) in [6.07, 6.45) is 0.0112. The summed E-state index contributed by atoms with van der Waals surface area (Å²) in [5.41, 5.74) is 0.577. The molecule has 0 bridgehead atoms. The number of rotatable bonds is 3. The standard InChI is InChI=1S/C20H18N4O4/c1-26-15-5-3-12(4-6-15)16(11-23)19-20(25)24(27-2)17-7-13(9-21)14(10-22)8-18(17)28-19/h3-6,13-14,17-18H,7-8H2,1-2H3/b19-16+. The molecule has 1 aliphatic carbocycles. The molecule has 2 aliphatic rings. The minimum atomic E-state index is -0.580. The molecular formula is C20H18N4O4. The zero-order valence-corrected chi connectivity index (χ0v) is 15.5. The fourth-order valence-corrected chi connectivity index (χ4v) is 3.65. The Kier molecular flexibility index (Phi) is 5.49. The number of nitrogens with zero attached hydrogens (tertiary/aromatic N) is 4. The molecule has 0 radical (unpaired) electrons. The number of carbonyl (C=O) groups excluding carboxylic acids is 1. The first-order chi connectivity index (χ1) is 13.6. The molecule has 0 spiro atoms. The van der Waals surface area contributed by atoms with Crippen LogP contribution in [0.4, 0.5) is 0 Å². The Bertz CT molecular complexity index is 919. The number of methoxy groups -OCH3 is 1. The van der Waals surface area contributed by atoms with Crippen molar-refractivity contribution in [2.75, 3.05) is 14.2 Å². The van der Waals surface area contributed by atoms with Crippen LogP contribution in [0.15, 0.2) is 30.0 Å². The summed E-state index contributed by atoms with van der Waals surface area (Å²) in [4.78, 5) is 18.2. The number of morpholine rings is 1. The second-order valence-electron chi connectivity index (χ2n) is 6.52. The molecule has 2 fully saturated rings.